The summed E-state index contributed by atoms with van der Waals surface area (Å²) in [4.78, 5) is 18.7. The molecule has 2 N–H and O–H groups in total. The molecule has 4 aromatic rings. The van der Waals surface area contributed by atoms with Crippen molar-refractivity contribution in [3.8, 4) is 41.2 Å². The molecule has 52 heavy (non-hydrogen) atoms. The third-order valence-corrected chi connectivity index (χ3v) is 11.7. The first-order valence-corrected chi connectivity index (χ1v) is 18.4. The number of hydrogen-bond acceptors (Lipinski definition) is 10. The summed E-state index contributed by atoms with van der Waals surface area (Å²) in [7, 11) is 1.42. The number of terminal acetylenes is 1. The monoisotopic (exact) mass is 713 g/mol. The number of rotatable bonds is 8. The van der Waals surface area contributed by atoms with Gasteiger partial charge in [-0.05, 0) is 88.4 Å². The molecule has 12 heteroatoms. The Balaban J connectivity index is 1.25. The molecule has 4 aliphatic rings. The predicted octanol–water partition coefficient (Wildman–Crippen LogP) is 6.36. The van der Waals surface area contributed by atoms with E-state index < -0.39 is 17.2 Å². The maximum Gasteiger partial charge on any atom is 0.319 e. The largest absolute Gasteiger partial charge is 0.508 e. The third-order valence-electron chi connectivity index (χ3n) is 11.7. The van der Waals surface area contributed by atoms with Crippen molar-refractivity contribution in [1.82, 2.24) is 19.9 Å². The second-order valence-corrected chi connectivity index (χ2v) is 15.3. The number of aliphatic hydroxyl groups is 1. The summed E-state index contributed by atoms with van der Waals surface area (Å²) >= 11 is 0. The van der Waals surface area contributed by atoms with Crippen molar-refractivity contribution in [2.75, 3.05) is 51.4 Å². The van der Waals surface area contributed by atoms with E-state index in [4.69, 9.17) is 30.6 Å². The molecular weight excluding hydrogens is 668 g/mol. The minimum absolute atomic E-state index is 0.0122. The molecule has 0 unspecified atom stereocenters. The fraction of sp³-hybridized carbons (Fsp3) is 0.525. The van der Waals surface area contributed by atoms with Gasteiger partial charge in [-0.2, -0.15) is 9.97 Å². The average molecular weight is 714 g/mol. The number of phenolic OH excluding ortho intramolecular Hbond substituents is 1. The number of methoxy groups -OCH3 is 1. The zero-order valence-corrected chi connectivity index (χ0v) is 29.8. The smallest absolute Gasteiger partial charge is 0.319 e. The first kappa shape index (κ1) is 34.8. The Hall–Kier alpha value is -4.31. The summed E-state index contributed by atoms with van der Waals surface area (Å²) < 4.78 is 50.6. The van der Waals surface area contributed by atoms with Crippen LogP contribution in [0.3, 0.4) is 0 Å². The van der Waals surface area contributed by atoms with Crippen molar-refractivity contribution in [1.29, 1.82) is 0 Å². The van der Waals surface area contributed by atoms with Crippen molar-refractivity contribution in [2.24, 2.45) is 5.41 Å². The molecule has 274 valence electrons. The maximum absolute atomic E-state index is 17.2. The van der Waals surface area contributed by atoms with Gasteiger partial charge < -0.3 is 29.3 Å². The predicted molar refractivity (Wildman–Crippen MR) is 194 cm³/mol. The number of benzene rings is 2. The Morgan fingerprint density at radius 2 is 1.87 bits per heavy atom. The topological polar surface area (TPSA) is 113 Å². The SMILES string of the molecule is C#Cc1c(F)ccc2cc(O)cc(-c3nc(OC)c4c(N5CCC[C@@](C)(O)C5)nc(OC[C@]56CCC[C@H]5N(C[C@H]5CCCO5)CCC6)nc4c3F)c12. The number of aromatic nitrogens is 3. The normalized spacial score (nSPS) is 26.5. The fourth-order valence-corrected chi connectivity index (χ4v) is 9.37. The van der Waals surface area contributed by atoms with Gasteiger partial charge in [-0.1, -0.05) is 18.4 Å². The van der Waals surface area contributed by atoms with E-state index in [1.54, 1.807) is 6.92 Å². The number of phenols is 1. The summed E-state index contributed by atoms with van der Waals surface area (Å²) in [5.74, 6) is 1.09. The van der Waals surface area contributed by atoms with Gasteiger partial charge in [0.25, 0.3) is 0 Å². The van der Waals surface area contributed by atoms with Crippen LogP contribution in [0, 0.1) is 29.4 Å². The zero-order valence-electron chi connectivity index (χ0n) is 29.8. The first-order chi connectivity index (χ1) is 25.1. The number of β-amino-alcohol motifs (C(OH)–C–C–N with tert-alkyl or cyclic N) is 1. The van der Waals surface area contributed by atoms with Crippen molar-refractivity contribution >= 4 is 27.5 Å². The zero-order chi connectivity index (χ0) is 36.2. The first-order valence-electron chi connectivity index (χ1n) is 18.4. The van der Waals surface area contributed by atoms with Gasteiger partial charge in [0, 0.05) is 48.6 Å². The lowest BCUT2D eigenvalue weighted by molar-refractivity contribution is -0.0252. The van der Waals surface area contributed by atoms with E-state index in [1.807, 2.05) is 4.90 Å². The number of pyridine rings is 1. The number of likely N-dealkylation sites (tertiary alicyclic amines) is 1. The molecule has 3 saturated heterocycles. The molecular formula is C40H45F2N5O5. The highest BCUT2D eigenvalue weighted by molar-refractivity contribution is 6.04. The third kappa shape index (κ3) is 6.16. The van der Waals surface area contributed by atoms with E-state index in [2.05, 4.69) is 15.8 Å². The highest BCUT2D eigenvalue weighted by atomic mass is 19.1. The van der Waals surface area contributed by atoms with Crippen LogP contribution in [0.15, 0.2) is 24.3 Å². The maximum atomic E-state index is 17.2. The minimum atomic E-state index is -1.00. The van der Waals surface area contributed by atoms with Crippen LogP contribution >= 0.6 is 0 Å². The summed E-state index contributed by atoms with van der Waals surface area (Å²) in [5.41, 5.74) is -1.42. The summed E-state index contributed by atoms with van der Waals surface area (Å²) in [6.07, 6.45) is 14.8. The van der Waals surface area contributed by atoms with E-state index in [9.17, 15) is 10.2 Å². The van der Waals surface area contributed by atoms with Gasteiger partial charge in [0.15, 0.2) is 5.82 Å². The van der Waals surface area contributed by atoms with Crippen LogP contribution < -0.4 is 14.4 Å². The van der Waals surface area contributed by atoms with Crippen molar-refractivity contribution in [3.05, 3.63) is 41.5 Å². The van der Waals surface area contributed by atoms with Crippen LogP contribution in [0.25, 0.3) is 32.9 Å². The summed E-state index contributed by atoms with van der Waals surface area (Å²) in [6.45, 7) is 5.74. The van der Waals surface area contributed by atoms with Crippen LogP contribution in [0.1, 0.15) is 70.3 Å². The van der Waals surface area contributed by atoms with Crippen LogP contribution in [-0.2, 0) is 4.74 Å². The van der Waals surface area contributed by atoms with Gasteiger partial charge >= 0.3 is 6.01 Å². The lowest BCUT2D eigenvalue weighted by Gasteiger charge is -2.46. The molecule has 2 aromatic heterocycles. The number of aromatic hydroxyl groups is 1. The molecule has 4 fully saturated rings. The Morgan fingerprint density at radius 3 is 2.63 bits per heavy atom. The van der Waals surface area contributed by atoms with E-state index in [1.165, 1.54) is 31.4 Å². The standard InChI is InChI=1S/C40H45F2N5O5/c1-4-27-29(41)12-11-24-19-25(48)20-28(31(24)27)34-33(42)35-32(37(43-34)50-3)36(47-17-7-13-39(2,49)22-47)45-38(44-35)52-23-40-14-5-10-30(40)46(16-8-15-40)21-26-9-6-18-51-26/h1,11-12,19-20,26,30,48-49H,5-10,13-18,21-23H2,2-3H3/t26-,30-,39-,40-/m1/s1. The number of piperidine rings is 2. The van der Waals surface area contributed by atoms with E-state index in [0.717, 1.165) is 64.6 Å². The van der Waals surface area contributed by atoms with Gasteiger partial charge in [0.1, 0.15) is 34.0 Å². The molecule has 0 bridgehead atoms. The molecule has 2 aromatic carbocycles. The van der Waals surface area contributed by atoms with Crippen molar-refractivity contribution < 1.29 is 33.2 Å². The van der Waals surface area contributed by atoms with Gasteiger partial charge in [0.05, 0.1) is 31.0 Å². The minimum Gasteiger partial charge on any atom is -0.508 e. The van der Waals surface area contributed by atoms with Crippen molar-refractivity contribution in [2.45, 2.75) is 82.5 Å². The number of nitrogens with zero attached hydrogens (tertiary/aromatic N) is 5. The molecule has 1 aliphatic carbocycles. The highest BCUT2D eigenvalue weighted by Crippen LogP contribution is 2.49. The lowest BCUT2D eigenvalue weighted by atomic mass is 9.75. The Kier molecular flexibility index (Phi) is 9.08. The number of halogens is 2. The van der Waals surface area contributed by atoms with Gasteiger partial charge in [-0.15, -0.1) is 6.42 Å². The molecule has 5 heterocycles. The van der Waals surface area contributed by atoms with Crippen LogP contribution in [0.2, 0.25) is 0 Å². The Bertz CT molecular complexity index is 2060. The second kappa shape index (κ2) is 13.6. The molecule has 3 aliphatic heterocycles. The summed E-state index contributed by atoms with van der Waals surface area (Å²) in [5, 5.41) is 22.7. The fourth-order valence-electron chi connectivity index (χ4n) is 9.37. The average Bonchev–Trinajstić information content (AvgIpc) is 3.81. The quantitative estimate of drug-likeness (QED) is 0.200. The molecule has 0 amide bonds. The Morgan fingerprint density at radius 1 is 1.04 bits per heavy atom. The number of fused-ring (bicyclic) bond motifs is 3. The molecule has 10 nitrogen and oxygen atoms in total. The number of hydrogen-bond donors (Lipinski definition) is 2. The molecule has 8 rings (SSSR count). The Labute approximate surface area is 302 Å². The van der Waals surface area contributed by atoms with Gasteiger partial charge in [-0.3, -0.25) is 4.90 Å². The summed E-state index contributed by atoms with van der Waals surface area (Å²) in [6, 6.07) is 5.79. The number of anilines is 1. The van der Waals surface area contributed by atoms with Gasteiger partial charge in [-0.25, -0.2) is 13.8 Å². The molecule has 0 spiro atoms. The lowest BCUT2D eigenvalue weighted by Crippen LogP contribution is -2.53. The van der Waals surface area contributed by atoms with Crippen LogP contribution in [-0.4, -0.2) is 94.3 Å². The molecule has 4 atom stereocenters. The van der Waals surface area contributed by atoms with Crippen molar-refractivity contribution in [3.63, 3.8) is 0 Å². The van der Waals surface area contributed by atoms with E-state index in [-0.39, 0.29) is 68.8 Å². The van der Waals surface area contributed by atoms with Crippen LogP contribution in [0.4, 0.5) is 14.6 Å². The van der Waals surface area contributed by atoms with Gasteiger partial charge in [0.2, 0.25) is 5.88 Å². The highest BCUT2D eigenvalue weighted by Gasteiger charge is 2.49. The second-order valence-electron chi connectivity index (χ2n) is 15.3. The molecule has 1 saturated carbocycles. The van der Waals surface area contributed by atoms with Crippen LogP contribution in [0.5, 0.6) is 17.6 Å². The number of ether oxygens (including phenoxy) is 3. The molecule has 0 radical (unpaired) electrons. The van der Waals surface area contributed by atoms with E-state index >= 15 is 8.78 Å². The van der Waals surface area contributed by atoms with E-state index in [0.29, 0.717) is 43.2 Å².